The second-order valence-electron chi connectivity index (χ2n) is 5.23. The first kappa shape index (κ1) is 13.8. The van der Waals surface area contributed by atoms with Crippen molar-refractivity contribution in [3.8, 4) is 0 Å². The van der Waals surface area contributed by atoms with Crippen LogP contribution in [0.3, 0.4) is 0 Å². The van der Waals surface area contributed by atoms with Crippen LogP contribution in [-0.2, 0) is 0 Å². The summed E-state index contributed by atoms with van der Waals surface area (Å²) < 4.78 is 27.1. The maximum Gasteiger partial charge on any atom is 0.146 e. The number of hydrogen-bond acceptors (Lipinski definition) is 3. The van der Waals surface area contributed by atoms with E-state index < -0.39 is 5.82 Å². The molecule has 5 heteroatoms. The highest BCUT2D eigenvalue weighted by Gasteiger charge is 2.20. The quantitative estimate of drug-likeness (QED) is 0.847. The van der Waals surface area contributed by atoms with Crippen molar-refractivity contribution in [3.05, 3.63) is 53.9 Å². The Kier molecular flexibility index (Phi) is 3.73. The van der Waals surface area contributed by atoms with Crippen LogP contribution in [0.4, 0.5) is 20.2 Å². The van der Waals surface area contributed by atoms with Crippen molar-refractivity contribution in [1.29, 1.82) is 0 Å². The van der Waals surface area contributed by atoms with Crippen molar-refractivity contribution in [2.45, 2.75) is 6.92 Å². The molecule has 1 aromatic carbocycles. The normalized spacial score (nSPS) is 15.4. The summed E-state index contributed by atoms with van der Waals surface area (Å²) in [5, 5.41) is 0. The molecule has 110 valence electrons. The second-order valence-corrected chi connectivity index (χ2v) is 5.23. The fraction of sp³-hybridized carbons (Fsp3) is 0.312. The predicted molar refractivity (Wildman–Crippen MR) is 79.8 cm³/mol. The minimum absolute atomic E-state index is 0.348. The summed E-state index contributed by atoms with van der Waals surface area (Å²) >= 11 is 0. The fourth-order valence-corrected chi connectivity index (χ4v) is 2.66. The molecular weight excluding hydrogens is 272 g/mol. The highest BCUT2D eigenvalue weighted by atomic mass is 19.1. The van der Waals surface area contributed by atoms with Crippen LogP contribution in [0.25, 0.3) is 0 Å². The third-order valence-electron chi connectivity index (χ3n) is 3.77. The molecule has 0 aliphatic carbocycles. The number of halogens is 2. The van der Waals surface area contributed by atoms with Gasteiger partial charge >= 0.3 is 0 Å². The number of benzene rings is 1. The van der Waals surface area contributed by atoms with Crippen LogP contribution < -0.4 is 9.80 Å². The predicted octanol–water partition coefficient (Wildman–Crippen LogP) is 2.99. The molecule has 0 N–H and O–H groups in total. The Morgan fingerprint density at radius 1 is 0.952 bits per heavy atom. The maximum absolute atomic E-state index is 13.8. The van der Waals surface area contributed by atoms with Crippen LogP contribution in [0, 0.1) is 18.6 Å². The van der Waals surface area contributed by atoms with Gasteiger partial charge in [-0.2, -0.15) is 0 Å². The van der Waals surface area contributed by atoms with E-state index in [9.17, 15) is 8.78 Å². The van der Waals surface area contributed by atoms with Gasteiger partial charge in [-0.1, -0.05) is 0 Å². The lowest BCUT2D eigenvalue weighted by molar-refractivity contribution is 0.580. The summed E-state index contributed by atoms with van der Waals surface area (Å²) in [5.74, 6) is -0.775. The Bertz CT molecular complexity index is 637. The van der Waals surface area contributed by atoms with E-state index in [0.717, 1.165) is 30.5 Å². The lowest BCUT2D eigenvalue weighted by atomic mass is 10.2. The molecule has 0 saturated carbocycles. The number of piperazine rings is 1. The zero-order chi connectivity index (χ0) is 14.8. The summed E-state index contributed by atoms with van der Waals surface area (Å²) in [5.41, 5.74) is 2.45. The lowest BCUT2D eigenvalue weighted by Crippen LogP contribution is -2.46. The minimum atomic E-state index is -0.404. The fourth-order valence-electron chi connectivity index (χ4n) is 2.66. The Labute approximate surface area is 122 Å². The Hall–Kier alpha value is -2.17. The van der Waals surface area contributed by atoms with Crippen LogP contribution in [0.15, 0.2) is 36.5 Å². The van der Waals surface area contributed by atoms with Crippen LogP contribution in [0.2, 0.25) is 0 Å². The highest BCUT2D eigenvalue weighted by molar-refractivity contribution is 5.52. The van der Waals surface area contributed by atoms with Crippen LogP contribution in [0.5, 0.6) is 0 Å². The number of anilines is 2. The lowest BCUT2D eigenvalue weighted by Gasteiger charge is -2.37. The van der Waals surface area contributed by atoms with E-state index in [0.29, 0.717) is 18.8 Å². The third kappa shape index (κ3) is 2.96. The molecule has 1 aliphatic heterocycles. The molecule has 1 aromatic heterocycles. The van der Waals surface area contributed by atoms with E-state index in [4.69, 9.17) is 0 Å². The largest absolute Gasteiger partial charge is 0.368 e. The first-order chi connectivity index (χ1) is 10.1. The molecule has 2 heterocycles. The Balaban J connectivity index is 1.72. The Morgan fingerprint density at radius 3 is 2.38 bits per heavy atom. The number of aryl methyl sites for hydroxylation is 1. The number of nitrogens with zero attached hydrogens (tertiary/aromatic N) is 3. The number of pyridine rings is 1. The van der Waals surface area contributed by atoms with Crippen molar-refractivity contribution in [2.75, 3.05) is 36.0 Å². The number of rotatable bonds is 2. The first-order valence-corrected chi connectivity index (χ1v) is 7.01. The monoisotopic (exact) mass is 289 g/mol. The zero-order valence-electron chi connectivity index (χ0n) is 11.9. The molecule has 0 radical (unpaired) electrons. The molecule has 21 heavy (non-hydrogen) atoms. The SMILES string of the molecule is Cc1cc(N2CCN(c3cc(F)ccc3F)CC2)ccn1. The van der Waals surface area contributed by atoms with E-state index in [1.54, 1.807) is 6.20 Å². The van der Waals surface area contributed by atoms with Crippen molar-refractivity contribution in [2.24, 2.45) is 0 Å². The average molecular weight is 289 g/mol. The summed E-state index contributed by atoms with van der Waals surface area (Å²) in [6, 6.07) is 7.61. The number of aromatic nitrogens is 1. The van der Waals surface area contributed by atoms with E-state index in [-0.39, 0.29) is 5.82 Å². The molecule has 1 saturated heterocycles. The van der Waals surface area contributed by atoms with Crippen molar-refractivity contribution in [1.82, 2.24) is 4.98 Å². The second kappa shape index (κ2) is 5.68. The van der Waals surface area contributed by atoms with Gasteiger partial charge < -0.3 is 9.80 Å². The number of hydrogen-bond donors (Lipinski definition) is 0. The molecule has 0 bridgehead atoms. The maximum atomic E-state index is 13.8. The summed E-state index contributed by atoms with van der Waals surface area (Å²) in [6.45, 7) is 4.85. The van der Waals surface area contributed by atoms with Gasteiger partial charge in [0, 0.05) is 49.8 Å². The average Bonchev–Trinajstić information content (AvgIpc) is 2.50. The smallest absolute Gasteiger partial charge is 0.146 e. The molecule has 0 atom stereocenters. The van der Waals surface area contributed by atoms with Gasteiger partial charge in [0.2, 0.25) is 0 Å². The molecule has 0 unspecified atom stereocenters. The molecule has 3 nitrogen and oxygen atoms in total. The minimum Gasteiger partial charge on any atom is -0.368 e. The van der Waals surface area contributed by atoms with E-state index in [2.05, 4.69) is 9.88 Å². The van der Waals surface area contributed by atoms with Crippen molar-refractivity contribution in [3.63, 3.8) is 0 Å². The van der Waals surface area contributed by atoms with Gasteiger partial charge in [-0.15, -0.1) is 0 Å². The third-order valence-corrected chi connectivity index (χ3v) is 3.77. The zero-order valence-corrected chi connectivity index (χ0v) is 11.9. The van der Waals surface area contributed by atoms with Gasteiger partial charge in [-0.05, 0) is 31.2 Å². The van der Waals surface area contributed by atoms with Crippen LogP contribution >= 0.6 is 0 Å². The topological polar surface area (TPSA) is 19.4 Å². The Morgan fingerprint density at radius 2 is 1.67 bits per heavy atom. The van der Waals surface area contributed by atoms with E-state index in [1.165, 1.54) is 12.1 Å². The summed E-state index contributed by atoms with van der Waals surface area (Å²) in [7, 11) is 0. The molecule has 1 aliphatic rings. The molecular formula is C16H17F2N3. The summed E-state index contributed by atoms with van der Waals surface area (Å²) in [4.78, 5) is 8.32. The molecule has 0 spiro atoms. The summed E-state index contributed by atoms with van der Waals surface area (Å²) in [6.07, 6.45) is 1.79. The highest BCUT2D eigenvalue weighted by Crippen LogP contribution is 2.23. The standard InChI is InChI=1S/C16H17F2N3/c1-12-10-14(4-5-19-12)20-6-8-21(9-7-20)16-11-13(17)2-3-15(16)18/h2-5,10-11H,6-9H2,1H3. The van der Waals surface area contributed by atoms with Gasteiger partial charge in [0.05, 0.1) is 5.69 Å². The van der Waals surface area contributed by atoms with Crippen LogP contribution in [0.1, 0.15) is 5.69 Å². The molecule has 0 amide bonds. The molecule has 1 fully saturated rings. The van der Waals surface area contributed by atoms with Crippen molar-refractivity contribution >= 4 is 11.4 Å². The van der Waals surface area contributed by atoms with Gasteiger partial charge in [-0.25, -0.2) is 8.78 Å². The first-order valence-electron chi connectivity index (χ1n) is 7.01. The van der Waals surface area contributed by atoms with Gasteiger partial charge in [0.25, 0.3) is 0 Å². The van der Waals surface area contributed by atoms with E-state index >= 15 is 0 Å². The van der Waals surface area contributed by atoms with E-state index in [1.807, 2.05) is 24.0 Å². The van der Waals surface area contributed by atoms with Gasteiger partial charge in [-0.3, -0.25) is 4.98 Å². The molecule has 3 rings (SSSR count). The van der Waals surface area contributed by atoms with Gasteiger partial charge in [0.1, 0.15) is 11.6 Å². The van der Waals surface area contributed by atoms with Gasteiger partial charge in [0.15, 0.2) is 0 Å². The van der Waals surface area contributed by atoms with Crippen LogP contribution in [-0.4, -0.2) is 31.2 Å². The molecule has 2 aromatic rings. The van der Waals surface area contributed by atoms with Crippen molar-refractivity contribution < 1.29 is 8.78 Å².